The largest absolute Gasteiger partial charge is 0.485 e. The minimum atomic E-state index is 0.571. The lowest BCUT2D eigenvalue weighted by molar-refractivity contribution is 0.173. The predicted octanol–water partition coefficient (Wildman–Crippen LogP) is 7.61. The van der Waals surface area contributed by atoms with Gasteiger partial charge in [0.25, 0.3) is 0 Å². The summed E-state index contributed by atoms with van der Waals surface area (Å²) in [6.07, 6.45) is 0. The van der Waals surface area contributed by atoms with E-state index in [1.54, 1.807) is 22.7 Å². The number of thiophene rings is 2. The van der Waals surface area contributed by atoms with Gasteiger partial charge in [-0.3, -0.25) is 0 Å². The van der Waals surface area contributed by atoms with Gasteiger partial charge in [-0.2, -0.15) is 0 Å². The summed E-state index contributed by atoms with van der Waals surface area (Å²) < 4.78 is 24.3. The summed E-state index contributed by atoms with van der Waals surface area (Å²) in [7, 11) is 0. The second kappa shape index (κ2) is 7.65. The predicted molar refractivity (Wildman–Crippen MR) is 140 cm³/mol. The van der Waals surface area contributed by atoms with Gasteiger partial charge < -0.3 is 18.9 Å². The Kier molecular flexibility index (Phi) is 4.54. The summed E-state index contributed by atoms with van der Waals surface area (Å²) in [5.74, 6) is 3.52. The maximum atomic E-state index is 6.17. The summed E-state index contributed by atoms with van der Waals surface area (Å²) in [6, 6.07) is 17.3. The van der Waals surface area contributed by atoms with Gasteiger partial charge in [-0.25, -0.2) is 0 Å². The Morgan fingerprint density at radius 1 is 0.500 bits per heavy atom. The minimum Gasteiger partial charge on any atom is -0.485 e. The number of benzene rings is 3. The summed E-state index contributed by atoms with van der Waals surface area (Å²) >= 11 is 3.50. The van der Waals surface area contributed by atoms with Crippen molar-refractivity contribution in [2.75, 3.05) is 26.4 Å². The van der Waals surface area contributed by atoms with E-state index in [0.29, 0.717) is 26.4 Å². The molecule has 6 heteroatoms. The highest BCUT2D eigenvalue weighted by Crippen LogP contribution is 2.56. The molecular formula is C28H22O4S2. The molecule has 2 aliphatic heterocycles. The number of aryl methyl sites for hydroxylation is 2. The summed E-state index contributed by atoms with van der Waals surface area (Å²) in [6.45, 7) is 6.55. The molecule has 0 saturated carbocycles. The molecule has 0 atom stereocenters. The number of hydrogen-bond acceptors (Lipinski definition) is 6. The molecule has 0 saturated heterocycles. The van der Waals surface area contributed by atoms with Crippen LogP contribution in [0.1, 0.15) is 9.75 Å². The Labute approximate surface area is 205 Å². The molecule has 7 rings (SSSR count). The van der Waals surface area contributed by atoms with Crippen LogP contribution in [-0.2, 0) is 0 Å². The third kappa shape index (κ3) is 2.82. The van der Waals surface area contributed by atoms with E-state index in [-0.39, 0.29) is 0 Å². The molecule has 0 fully saturated rings. The van der Waals surface area contributed by atoms with Crippen LogP contribution < -0.4 is 18.9 Å². The van der Waals surface area contributed by atoms with Crippen molar-refractivity contribution >= 4 is 44.2 Å². The molecule has 4 heterocycles. The van der Waals surface area contributed by atoms with E-state index in [1.807, 2.05) is 0 Å². The van der Waals surface area contributed by atoms with Crippen molar-refractivity contribution in [1.29, 1.82) is 0 Å². The third-order valence-electron chi connectivity index (χ3n) is 6.51. The highest BCUT2D eigenvalue weighted by atomic mass is 32.1. The monoisotopic (exact) mass is 486 g/mol. The van der Waals surface area contributed by atoms with Gasteiger partial charge in [0, 0.05) is 20.9 Å². The van der Waals surface area contributed by atoms with Crippen molar-refractivity contribution in [2.24, 2.45) is 0 Å². The zero-order valence-electron chi connectivity index (χ0n) is 18.9. The van der Waals surface area contributed by atoms with Gasteiger partial charge in [-0.1, -0.05) is 48.5 Å². The van der Waals surface area contributed by atoms with Crippen molar-refractivity contribution in [2.45, 2.75) is 13.8 Å². The van der Waals surface area contributed by atoms with Crippen molar-refractivity contribution < 1.29 is 18.9 Å². The molecule has 0 aliphatic carbocycles. The number of ether oxygens (including phenoxy) is 4. The number of hydrogen-bond donors (Lipinski definition) is 0. The molecule has 0 N–H and O–H groups in total. The fourth-order valence-electron chi connectivity index (χ4n) is 5.14. The lowest BCUT2D eigenvalue weighted by Crippen LogP contribution is -2.15. The molecule has 0 spiro atoms. The molecule has 34 heavy (non-hydrogen) atoms. The van der Waals surface area contributed by atoms with Crippen molar-refractivity contribution in [3.05, 3.63) is 58.3 Å². The van der Waals surface area contributed by atoms with E-state index < -0.39 is 0 Å². The van der Waals surface area contributed by atoms with E-state index in [2.05, 4.69) is 62.4 Å². The van der Waals surface area contributed by atoms with Gasteiger partial charge in [0.1, 0.15) is 26.4 Å². The topological polar surface area (TPSA) is 36.9 Å². The van der Waals surface area contributed by atoms with Crippen LogP contribution in [0.4, 0.5) is 0 Å². The first kappa shape index (κ1) is 20.2. The average Bonchev–Trinajstić information content (AvgIpc) is 3.39. The molecule has 3 aromatic carbocycles. The molecular weight excluding hydrogens is 464 g/mol. The Bertz CT molecular complexity index is 1420. The Hall–Kier alpha value is -3.22. The van der Waals surface area contributed by atoms with Crippen LogP contribution >= 0.6 is 22.7 Å². The minimum absolute atomic E-state index is 0.571. The summed E-state index contributed by atoms with van der Waals surface area (Å²) in [5.41, 5.74) is 2.41. The lowest BCUT2D eigenvalue weighted by atomic mass is 9.90. The van der Waals surface area contributed by atoms with Crippen molar-refractivity contribution in [3.63, 3.8) is 0 Å². The first-order valence-electron chi connectivity index (χ1n) is 11.4. The van der Waals surface area contributed by atoms with Crippen LogP contribution in [0, 0.1) is 13.8 Å². The molecule has 170 valence electrons. The SMILES string of the molecule is Cc1sc(-c2c3ccccc3c(-c3sc(C)c4c3OCCO4)c3ccccc23)c2c1OCCO2. The van der Waals surface area contributed by atoms with Gasteiger partial charge >= 0.3 is 0 Å². The first-order chi connectivity index (χ1) is 16.7. The van der Waals surface area contributed by atoms with Gasteiger partial charge in [0.15, 0.2) is 23.0 Å². The van der Waals surface area contributed by atoms with Crippen LogP contribution in [0.2, 0.25) is 0 Å². The summed E-state index contributed by atoms with van der Waals surface area (Å²) in [5, 5.41) is 4.80. The first-order valence-corrected chi connectivity index (χ1v) is 13.1. The van der Waals surface area contributed by atoms with Crippen LogP contribution in [0.5, 0.6) is 23.0 Å². The van der Waals surface area contributed by atoms with Crippen LogP contribution in [-0.4, -0.2) is 26.4 Å². The molecule has 4 nitrogen and oxygen atoms in total. The standard InChI is InChI=1S/C28H22O4S2/c1-15-23-25(31-13-11-29-23)27(33-15)21-17-7-3-5-9-19(17)22(20-10-6-4-8-18(20)21)28-26-24(16(2)34-28)30-12-14-32-26/h3-10H,11-14H2,1-2H3. The van der Waals surface area contributed by atoms with Gasteiger partial charge in [0.05, 0.1) is 9.75 Å². The fourth-order valence-corrected chi connectivity index (χ4v) is 7.37. The van der Waals surface area contributed by atoms with E-state index in [1.165, 1.54) is 32.7 Å². The Morgan fingerprint density at radius 2 is 0.824 bits per heavy atom. The zero-order chi connectivity index (χ0) is 22.8. The van der Waals surface area contributed by atoms with Crippen LogP contribution in [0.15, 0.2) is 48.5 Å². The van der Waals surface area contributed by atoms with E-state index in [4.69, 9.17) is 18.9 Å². The Balaban J connectivity index is 1.62. The average molecular weight is 487 g/mol. The van der Waals surface area contributed by atoms with Crippen LogP contribution in [0.25, 0.3) is 42.4 Å². The third-order valence-corrected chi connectivity index (χ3v) is 8.68. The van der Waals surface area contributed by atoms with Crippen molar-refractivity contribution in [1.82, 2.24) is 0 Å². The van der Waals surface area contributed by atoms with Gasteiger partial charge in [-0.15, -0.1) is 22.7 Å². The molecule has 0 bridgehead atoms. The number of rotatable bonds is 2. The van der Waals surface area contributed by atoms with E-state index in [9.17, 15) is 0 Å². The normalized spacial score (nSPS) is 14.6. The second-order valence-corrected chi connectivity index (χ2v) is 11.0. The van der Waals surface area contributed by atoms with Gasteiger partial charge in [-0.05, 0) is 35.4 Å². The highest BCUT2D eigenvalue weighted by Gasteiger charge is 2.29. The molecule has 0 unspecified atom stereocenters. The maximum Gasteiger partial charge on any atom is 0.180 e. The molecule has 2 aromatic heterocycles. The second-order valence-electron chi connectivity index (χ2n) is 8.53. The highest BCUT2D eigenvalue weighted by molar-refractivity contribution is 7.17. The van der Waals surface area contributed by atoms with Crippen molar-refractivity contribution in [3.8, 4) is 43.9 Å². The van der Waals surface area contributed by atoms with E-state index >= 15 is 0 Å². The lowest BCUT2D eigenvalue weighted by Gasteiger charge is -2.20. The quantitative estimate of drug-likeness (QED) is 0.241. The van der Waals surface area contributed by atoms with Gasteiger partial charge in [0.2, 0.25) is 0 Å². The molecule has 0 amide bonds. The maximum absolute atomic E-state index is 6.17. The number of fused-ring (bicyclic) bond motifs is 4. The molecule has 0 radical (unpaired) electrons. The summed E-state index contributed by atoms with van der Waals surface area (Å²) in [4.78, 5) is 4.57. The van der Waals surface area contributed by atoms with Crippen LogP contribution in [0.3, 0.4) is 0 Å². The zero-order valence-corrected chi connectivity index (χ0v) is 20.5. The molecule has 2 aliphatic rings. The molecule has 5 aromatic rings. The fraction of sp³-hybridized carbons (Fsp3) is 0.214. The van der Waals surface area contributed by atoms with E-state index in [0.717, 1.165) is 42.5 Å². The smallest absolute Gasteiger partial charge is 0.180 e. The Morgan fingerprint density at radius 3 is 1.18 bits per heavy atom.